The van der Waals surface area contributed by atoms with Crippen molar-refractivity contribution in [1.82, 2.24) is 24.3 Å². The van der Waals surface area contributed by atoms with E-state index in [1.807, 2.05) is 6.07 Å². The summed E-state index contributed by atoms with van der Waals surface area (Å²) in [5.41, 5.74) is 2.82. The summed E-state index contributed by atoms with van der Waals surface area (Å²) in [6.45, 7) is 4.61. The molecule has 33 heavy (non-hydrogen) atoms. The van der Waals surface area contributed by atoms with E-state index in [4.69, 9.17) is 16.6 Å². The standard InChI is InChI=1S/C24H25ClN6OS/c25-17-13-19(23-26-7-4-21(32)31(23)15-17)16-12-20-22(27-14-16)28-24(33-20)30-10-5-18(6-11-30)29-8-2-1-3-9-29/h4,7,12-15,18H,1-3,5-6,8-11H2. The second-order valence-electron chi connectivity index (χ2n) is 8.91. The van der Waals surface area contributed by atoms with E-state index >= 15 is 0 Å². The lowest BCUT2D eigenvalue weighted by atomic mass is 10.0. The van der Waals surface area contributed by atoms with Crippen molar-refractivity contribution in [2.75, 3.05) is 31.1 Å². The topological polar surface area (TPSA) is 66.6 Å². The maximum atomic E-state index is 12.3. The van der Waals surface area contributed by atoms with E-state index in [0.29, 0.717) is 16.7 Å². The zero-order valence-electron chi connectivity index (χ0n) is 18.3. The molecule has 0 amide bonds. The molecule has 0 unspecified atom stereocenters. The molecule has 0 N–H and O–H groups in total. The highest BCUT2D eigenvalue weighted by atomic mass is 35.5. The van der Waals surface area contributed by atoms with Crippen molar-refractivity contribution in [3.63, 3.8) is 0 Å². The zero-order valence-corrected chi connectivity index (χ0v) is 19.9. The van der Waals surface area contributed by atoms with Crippen LogP contribution >= 0.6 is 22.9 Å². The van der Waals surface area contributed by atoms with Gasteiger partial charge in [-0.2, -0.15) is 4.98 Å². The molecule has 9 heteroatoms. The van der Waals surface area contributed by atoms with Crippen LogP contribution in [0.15, 0.2) is 41.6 Å². The maximum Gasteiger partial charge on any atom is 0.257 e. The largest absolute Gasteiger partial charge is 0.348 e. The van der Waals surface area contributed by atoms with Gasteiger partial charge >= 0.3 is 0 Å². The number of nitrogens with zero attached hydrogens (tertiary/aromatic N) is 6. The summed E-state index contributed by atoms with van der Waals surface area (Å²) in [7, 11) is 0. The van der Waals surface area contributed by atoms with Crippen LogP contribution in [0.1, 0.15) is 32.1 Å². The number of rotatable bonds is 3. The Morgan fingerprint density at radius 2 is 1.85 bits per heavy atom. The SMILES string of the molecule is O=c1ccnc2c(-c3cnc4nc(N5CCC(N6CCCCC6)CC5)sc4c3)cc(Cl)cn12. The summed E-state index contributed by atoms with van der Waals surface area (Å²) in [4.78, 5) is 31.2. The van der Waals surface area contributed by atoms with Crippen molar-refractivity contribution in [2.45, 2.75) is 38.1 Å². The molecule has 4 aromatic heterocycles. The smallest absolute Gasteiger partial charge is 0.257 e. The molecule has 7 nitrogen and oxygen atoms in total. The third kappa shape index (κ3) is 4.00. The lowest BCUT2D eigenvalue weighted by Gasteiger charge is -2.40. The summed E-state index contributed by atoms with van der Waals surface area (Å²) in [6.07, 6.45) is 11.4. The minimum Gasteiger partial charge on any atom is -0.348 e. The minimum absolute atomic E-state index is 0.161. The normalized spacial score (nSPS) is 18.4. The second-order valence-corrected chi connectivity index (χ2v) is 10.4. The van der Waals surface area contributed by atoms with Gasteiger partial charge in [0.15, 0.2) is 10.8 Å². The fourth-order valence-corrected chi connectivity index (χ4v) is 6.34. The predicted octanol–water partition coefficient (Wildman–Crippen LogP) is 4.47. The van der Waals surface area contributed by atoms with Gasteiger partial charge in [0.1, 0.15) is 5.65 Å². The van der Waals surface area contributed by atoms with Crippen LogP contribution in [-0.4, -0.2) is 56.5 Å². The van der Waals surface area contributed by atoms with E-state index in [9.17, 15) is 4.79 Å². The van der Waals surface area contributed by atoms with E-state index in [-0.39, 0.29) is 5.56 Å². The Kier molecular flexibility index (Phi) is 5.52. The summed E-state index contributed by atoms with van der Waals surface area (Å²) in [5.74, 6) is 0. The molecule has 6 rings (SSSR count). The van der Waals surface area contributed by atoms with Crippen LogP contribution in [-0.2, 0) is 0 Å². The lowest BCUT2D eigenvalue weighted by molar-refractivity contribution is 0.141. The number of hydrogen-bond donors (Lipinski definition) is 0. The highest BCUT2D eigenvalue weighted by molar-refractivity contribution is 7.22. The van der Waals surface area contributed by atoms with Gasteiger partial charge < -0.3 is 9.80 Å². The Labute approximate surface area is 200 Å². The number of halogens is 1. The summed E-state index contributed by atoms with van der Waals surface area (Å²) in [5, 5.41) is 1.52. The third-order valence-corrected chi connectivity index (χ3v) is 8.10. The van der Waals surface area contributed by atoms with Gasteiger partial charge in [0, 0.05) is 54.9 Å². The monoisotopic (exact) mass is 480 g/mol. The average Bonchev–Trinajstić information content (AvgIpc) is 3.28. The van der Waals surface area contributed by atoms with Crippen molar-refractivity contribution < 1.29 is 0 Å². The fraction of sp³-hybridized carbons (Fsp3) is 0.417. The van der Waals surface area contributed by atoms with Crippen LogP contribution in [0.2, 0.25) is 5.02 Å². The number of pyridine rings is 2. The van der Waals surface area contributed by atoms with Crippen LogP contribution in [0.5, 0.6) is 0 Å². The molecule has 2 saturated heterocycles. The maximum absolute atomic E-state index is 12.3. The summed E-state index contributed by atoms with van der Waals surface area (Å²) >= 11 is 7.99. The first-order valence-electron chi connectivity index (χ1n) is 11.6. The van der Waals surface area contributed by atoms with E-state index < -0.39 is 0 Å². The average molecular weight is 481 g/mol. The van der Waals surface area contributed by atoms with Gasteiger partial charge in [0.25, 0.3) is 5.56 Å². The molecule has 170 valence electrons. The van der Waals surface area contributed by atoms with Crippen molar-refractivity contribution >= 4 is 44.1 Å². The molecule has 0 spiro atoms. The van der Waals surface area contributed by atoms with E-state index in [0.717, 1.165) is 39.7 Å². The predicted molar refractivity (Wildman–Crippen MR) is 134 cm³/mol. The van der Waals surface area contributed by atoms with Crippen molar-refractivity contribution in [3.8, 4) is 11.1 Å². The van der Waals surface area contributed by atoms with Crippen molar-refractivity contribution in [2.24, 2.45) is 0 Å². The molecule has 4 aromatic rings. The number of fused-ring (bicyclic) bond motifs is 2. The minimum atomic E-state index is -0.161. The van der Waals surface area contributed by atoms with Gasteiger partial charge in [-0.3, -0.25) is 9.20 Å². The van der Waals surface area contributed by atoms with Crippen LogP contribution < -0.4 is 10.5 Å². The molecule has 6 heterocycles. The van der Waals surface area contributed by atoms with Crippen molar-refractivity contribution in [1.29, 1.82) is 0 Å². The van der Waals surface area contributed by atoms with E-state index in [1.54, 1.807) is 23.7 Å². The summed E-state index contributed by atoms with van der Waals surface area (Å²) < 4.78 is 2.50. The van der Waals surface area contributed by atoms with Crippen LogP contribution in [0, 0.1) is 0 Å². The number of hydrogen-bond acceptors (Lipinski definition) is 7. The molecule has 0 aliphatic carbocycles. The lowest BCUT2D eigenvalue weighted by Crippen LogP contribution is -2.46. The zero-order chi connectivity index (χ0) is 22.4. The van der Waals surface area contributed by atoms with Gasteiger partial charge in [-0.15, -0.1) is 0 Å². The molecular formula is C24H25ClN6OS. The molecule has 2 aliphatic rings. The molecule has 0 bridgehead atoms. The highest BCUT2D eigenvalue weighted by Crippen LogP contribution is 2.34. The third-order valence-electron chi connectivity index (χ3n) is 6.84. The second kappa shape index (κ2) is 8.66. The number of likely N-dealkylation sites (tertiary alicyclic amines) is 1. The number of piperidine rings is 2. The quantitative estimate of drug-likeness (QED) is 0.431. The molecule has 0 saturated carbocycles. The molecule has 2 aliphatic heterocycles. The first-order valence-corrected chi connectivity index (χ1v) is 12.8. The van der Waals surface area contributed by atoms with Crippen molar-refractivity contribution in [3.05, 3.63) is 52.2 Å². The summed E-state index contributed by atoms with van der Waals surface area (Å²) in [6, 6.07) is 6.06. The van der Waals surface area contributed by atoms with Crippen LogP contribution in [0.25, 0.3) is 27.1 Å². The highest BCUT2D eigenvalue weighted by Gasteiger charge is 2.27. The molecule has 2 fully saturated rings. The fourth-order valence-electron chi connectivity index (χ4n) is 5.11. The number of aromatic nitrogens is 4. The first kappa shape index (κ1) is 21.0. The molecule has 0 radical (unpaired) electrons. The molecular weight excluding hydrogens is 456 g/mol. The van der Waals surface area contributed by atoms with Gasteiger partial charge in [0.2, 0.25) is 0 Å². The molecule has 0 atom stereocenters. The van der Waals surface area contributed by atoms with E-state index in [2.05, 4.69) is 25.8 Å². The van der Waals surface area contributed by atoms with Gasteiger partial charge in [0.05, 0.1) is 9.72 Å². The van der Waals surface area contributed by atoms with Crippen LogP contribution in [0.3, 0.4) is 0 Å². The Morgan fingerprint density at radius 1 is 1.03 bits per heavy atom. The molecule has 0 aromatic carbocycles. The van der Waals surface area contributed by atoms with Gasteiger partial charge in [-0.25, -0.2) is 9.97 Å². The number of anilines is 1. The number of thiazole rings is 1. The Morgan fingerprint density at radius 3 is 2.67 bits per heavy atom. The van der Waals surface area contributed by atoms with Crippen LogP contribution in [0.4, 0.5) is 5.13 Å². The Hall–Kier alpha value is -2.55. The first-order chi connectivity index (χ1) is 16.2. The van der Waals surface area contributed by atoms with Gasteiger partial charge in [-0.1, -0.05) is 29.4 Å². The Bertz CT molecular complexity index is 1370. The Balaban J connectivity index is 1.27. The van der Waals surface area contributed by atoms with E-state index in [1.165, 1.54) is 61.9 Å². The van der Waals surface area contributed by atoms with Gasteiger partial charge in [-0.05, 0) is 50.9 Å².